The highest BCUT2D eigenvalue weighted by Gasteiger charge is 2.36. The molecule has 0 spiro atoms. The fourth-order valence-corrected chi connectivity index (χ4v) is 2.88. The van der Waals surface area contributed by atoms with Crippen LogP contribution in [-0.4, -0.2) is 40.9 Å². The molecular weight excluding hydrogens is 270 g/mol. The van der Waals surface area contributed by atoms with Gasteiger partial charge in [0, 0.05) is 13.0 Å². The second kappa shape index (κ2) is 6.06. The van der Waals surface area contributed by atoms with Gasteiger partial charge in [0.15, 0.2) is 5.69 Å². The smallest absolute Gasteiger partial charge is 0.220 e. The molecule has 1 aromatic rings. The normalized spacial score (nSPS) is 28.7. The van der Waals surface area contributed by atoms with Crippen LogP contribution in [0.1, 0.15) is 31.4 Å². The molecule has 0 radical (unpaired) electrons. The van der Waals surface area contributed by atoms with Gasteiger partial charge in [0.25, 0.3) is 0 Å². The number of carbonyl (C=O) groups is 1. The van der Waals surface area contributed by atoms with Crippen LogP contribution in [0.15, 0.2) is 12.1 Å². The number of nitrogens with one attached hydrogen (secondary N) is 2. The van der Waals surface area contributed by atoms with E-state index in [0.717, 1.165) is 25.9 Å². The largest absolute Gasteiger partial charge is 0.376 e. The molecule has 110 valence electrons. The van der Waals surface area contributed by atoms with Crippen LogP contribution in [-0.2, 0) is 9.53 Å². The number of hydrogen-bond acceptors (Lipinski definition) is 6. The number of piperidine rings is 1. The summed E-state index contributed by atoms with van der Waals surface area (Å²) in [7, 11) is 0. The molecular formula is C14H17N5O2. The molecule has 7 heteroatoms. The molecule has 2 aliphatic rings. The summed E-state index contributed by atoms with van der Waals surface area (Å²) in [6.07, 6.45) is 3.27. The highest BCUT2D eigenvalue weighted by atomic mass is 16.5. The van der Waals surface area contributed by atoms with Crippen LogP contribution in [0, 0.1) is 11.3 Å². The molecule has 2 saturated heterocycles. The average molecular weight is 287 g/mol. The molecule has 1 amide bonds. The molecule has 0 bridgehead atoms. The second-order valence-corrected chi connectivity index (χ2v) is 5.35. The van der Waals surface area contributed by atoms with Gasteiger partial charge >= 0.3 is 0 Å². The first kappa shape index (κ1) is 13.8. The predicted molar refractivity (Wildman–Crippen MR) is 74.3 cm³/mol. The number of hydrogen-bond donors (Lipinski definition) is 2. The Morgan fingerprint density at radius 2 is 2.29 bits per heavy atom. The molecule has 2 N–H and O–H groups in total. The quantitative estimate of drug-likeness (QED) is 0.844. The minimum atomic E-state index is -0.0498. The van der Waals surface area contributed by atoms with Crippen molar-refractivity contribution in [2.75, 3.05) is 11.9 Å². The zero-order valence-corrected chi connectivity index (χ0v) is 11.6. The highest BCUT2D eigenvalue weighted by molar-refractivity contribution is 5.77. The standard InChI is InChI=1S/C14H17N5O2/c15-8-9-3-5-12(19-18-9)16-10-4-6-13(20)17-14(10)11-2-1-7-21-11/h3,5,10-11,14H,1-2,4,6-7H2,(H,16,19)(H,17,20)/t10-,11?,14-/m0/s1. The number of amides is 1. The van der Waals surface area contributed by atoms with Gasteiger partial charge < -0.3 is 15.4 Å². The Morgan fingerprint density at radius 3 is 2.95 bits per heavy atom. The summed E-state index contributed by atoms with van der Waals surface area (Å²) in [5.41, 5.74) is 0.285. The number of ether oxygens (including phenoxy) is 1. The lowest BCUT2D eigenvalue weighted by molar-refractivity contribution is -0.124. The lowest BCUT2D eigenvalue weighted by Gasteiger charge is -2.36. The molecule has 0 aromatic carbocycles. The Labute approximate surface area is 122 Å². The van der Waals surface area contributed by atoms with Gasteiger partial charge in [0.2, 0.25) is 5.91 Å². The van der Waals surface area contributed by atoms with Gasteiger partial charge in [0.05, 0.1) is 18.2 Å². The average Bonchev–Trinajstić information content (AvgIpc) is 3.04. The Balaban J connectivity index is 1.71. The maximum atomic E-state index is 11.7. The molecule has 3 rings (SSSR count). The van der Waals surface area contributed by atoms with E-state index in [1.54, 1.807) is 12.1 Å². The lowest BCUT2D eigenvalue weighted by Crippen LogP contribution is -2.56. The van der Waals surface area contributed by atoms with Crippen LogP contribution >= 0.6 is 0 Å². The first-order chi connectivity index (χ1) is 10.3. The van der Waals surface area contributed by atoms with Crippen molar-refractivity contribution >= 4 is 11.7 Å². The summed E-state index contributed by atoms with van der Waals surface area (Å²) in [6, 6.07) is 5.31. The van der Waals surface area contributed by atoms with Gasteiger partial charge in [-0.05, 0) is 31.4 Å². The zero-order valence-electron chi connectivity index (χ0n) is 11.6. The molecule has 21 heavy (non-hydrogen) atoms. The molecule has 0 saturated carbocycles. The van der Waals surface area contributed by atoms with Crippen molar-refractivity contribution in [2.45, 2.75) is 43.9 Å². The molecule has 3 atom stereocenters. The first-order valence-corrected chi connectivity index (χ1v) is 7.17. The molecule has 2 aliphatic heterocycles. The fraction of sp³-hybridized carbons (Fsp3) is 0.571. The number of anilines is 1. The molecule has 2 fully saturated rings. The third kappa shape index (κ3) is 3.11. The Bertz CT molecular complexity index is 547. The van der Waals surface area contributed by atoms with Gasteiger partial charge in [-0.1, -0.05) is 0 Å². The van der Waals surface area contributed by atoms with E-state index >= 15 is 0 Å². The monoisotopic (exact) mass is 287 g/mol. The van der Waals surface area contributed by atoms with Crippen LogP contribution < -0.4 is 10.6 Å². The van der Waals surface area contributed by atoms with Crippen molar-refractivity contribution in [2.24, 2.45) is 0 Å². The summed E-state index contributed by atoms with van der Waals surface area (Å²) in [5.74, 6) is 0.678. The maximum absolute atomic E-state index is 11.7. The van der Waals surface area contributed by atoms with Crippen molar-refractivity contribution in [1.29, 1.82) is 5.26 Å². The van der Waals surface area contributed by atoms with Crippen LogP contribution in [0.25, 0.3) is 0 Å². The van der Waals surface area contributed by atoms with Gasteiger partial charge in [-0.25, -0.2) is 0 Å². The van der Waals surface area contributed by atoms with E-state index < -0.39 is 0 Å². The van der Waals surface area contributed by atoms with Gasteiger partial charge in [-0.15, -0.1) is 10.2 Å². The Kier molecular flexibility index (Phi) is 3.97. The minimum Gasteiger partial charge on any atom is -0.376 e. The molecule has 1 unspecified atom stereocenters. The van der Waals surface area contributed by atoms with Crippen molar-refractivity contribution < 1.29 is 9.53 Å². The van der Waals surface area contributed by atoms with E-state index in [1.165, 1.54) is 0 Å². The van der Waals surface area contributed by atoms with E-state index in [0.29, 0.717) is 12.2 Å². The summed E-state index contributed by atoms with van der Waals surface area (Å²) in [5, 5.41) is 22.8. The van der Waals surface area contributed by atoms with E-state index in [-0.39, 0.29) is 29.8 Å². The third-order valence-electron chi connectivity index (χ3n) is 3.92. The molecule has 3 heterocycles. The summed E-state index contributed by atoms with van der Waals surface area (Å²) in [6.45, 7) is 0.750. The lowest BCUT2D eigenvalue weighted by atomic mass is 9.92. The summed E-state index contributed by atoms with van der Waals surface area (Å²) >= 11 is 0. The van der Waals surface area contributed by atoms with Crippen molar-refractivity contribution in [3.63, 3.8) is 0 Å². The number of nitriles is 1. The van der Waals surface area contributed by atoms with Crippen molar-refractivity contribution in [3.8, 4) is 6.07 Å². The zero-order chi connectivity index (χ0) is 14.7. The van der Waals surface area contributed by atoms with E-state index in [9.17, 15) is 4.79 Å². The van der Waals surface area contributed by atoms with Crippen LogP contribution in [0.3, 0.4) is 0 Å². The SMILES string of the molecule is N#Cc1ccc(N[C@H]2CCC(=O)N[C@@H]2C2CCCO2)nn1. The maximum Gasteiger partial charge on any atom is 0.220 e. The van der Waals surface area contributed by atoms with Crippen LogP contribution in [0.4, 0.5) is 5.82 Å². The van der Waals surface area contributed by atoms with Crippen molar-refractivity contribution in [1.82, 2.24) is 15.5 Å². The number of nitrogens with zero attached hydrogens (tertiary/aromatic N) is 3. The minimum absolute atomic E-state index is 0.0498. The van der Waals surface area contributed by atoms with E-state index in [4.69, 9.17) is 10.00 Å². The van der Waals surface area contributed by atoms with Gasteiger partial charge in [-0.2, -0.15) is 5.26 Å². The number of carbonyl (C=O) groups excluding carboxylic acids is 1. The summed E-state index contributed by atoms with van der Waals surface area (Å²) in [4.78, 5) is 11.7. The summed E-state index contributed by atoms with van der Waals surface area (Å²) < 4.78 is 5.71. The van der Waals surface area contributed by atoms with E-state index in [2.05, 4.69) is 20.8 Å². The number of rotatable bonds is 3. The van der Waals surface area contributed by atoms with E-state index in [1.807, 2.05) is 6.07 Å². The Hall–Kier alpha value is -2.20. The first-order valence-electron chi connectivity index (χ1n) is 7.17. The molecule has 1 aromatic heterocycles. The second-order valence-electron chi connectivity index (χ2n) is 5.35. The highest BCUT2D eigenvalue weighted by Crippen LogP contribution is 2.24. The van der Waals surface area contributed by atoms with Gasteiger partial charge in [0.1, 0.15) is 11.9 Å². The molecule has 0 aliphatic carbocycles. The fourth-order valence-electron chi connectivity index (χ4n) is 2.88. The predicted octanol–water partition coefficient (Wildman–Crippen LogP) is 0.586. The topological polar surface area (TPSA) is 99.9 Å². The third-order valence-corrected chi connectivity index (χ3v) is 3.92. The van der Waals surface area contributed by atoms with Crippen LogP contribution in [0.2, 0.25) is 0 Å². The Morgan fingerprint density at radius 1 is 1.38 bits per heavy atom. The number of aromatic nitrogens is 2. The van der Waals surface area contributed by atoms with Crippen molar-refractivity contribution in [3.05, 3.63) is 17.8 Å². The van der Waals surface area contributed by atoms with Crippen LogP contribution in [0.5, 0.6) is 0 Å². The molecule has 7 nitrogen and oxygen atoms in total. The van der Waals surface area contributed by atoms with Gasteiger partial charge in [-0.3, -0.25) is 4.79 Å².